The van der Waals surface area contributed by atoms with Crippen molar-refractivity contribution in [3.63, 3.8) is 0 Å². The molecule has 1 saturated heterocycles. The number of ether oxygens (including phenoxy) is 2. The molecule has 5 nitrogen and oxygen atoms in total. The molecule has 0 aromatic carbocycles. The average molecular weight is 200 g/mol. The van der Waals surface area contributed by atoms with Crippen molar-refractivity contribution < 1.29 is 14.3 Å². The van der Waals surface area contributed by atoms with Crippen LogP contribution in [0.5, 0.6) is 0 Å². The van der Waals surface area contributed by atoms with Crippen molar-refractivity contribution in [2.45, 2.75) is 30.9 Å². The van der Waals surface area contributed by atoms with E-state index in [4.69, 9.17) is 15.2 Å². The minimum absolute atomic E-state index is 0.0485. The van der Waals surface area contributed by atoms with E-state index in [1.54, 1.807) is 0 Å². The monoisotopic (exact) mass is 200 g/mol. The van der Waals surface area contributed by atoms with Gasteiger partial charge in [0.1, 0.15) is 6.79 Å². The molecule has 80 valence electrons. The summed E-state index contributed by atoms with van der Waals surface area (Å²) < 4.78 is 10.3. The molecular formula is C9H16N2O3. The third kappa shape index (κ3) is 2.23. The van der Waals surface area contributed by atoms with Gasteiger partial charge in [0.05, 0.1) is 18.2 Å². The van der Waals surface area contributed by atoms with E-state index in [1.807, 2.05) is 0 Å². The maximum Gasteiger partial charge on any atom is 0.240 e. The van der Waals surface area contributed by atoms with E-state index in [-0.39, 0.29) is 12.0 Å². The van der Waals surface area contributed by atoms with E-state index in [0.717, 1.165) is 19.3 Å². The van der Waals surface area contributed by atoms with E-state index in [1.165, 1.54) is 0 Å². The molecule has 1 atom stereocenters. The summed E-state index contributed by atoms with van der Waals surface area (Å²) in [6, 6.07) is 0. The van der Waals surface area contributed by atoms with Gasteiger partial charge >= 0.3 is 0 Å². The van der Waals surface area contributed by atoms with Crippen molar-refractivity contribution in [1.29, 1.82) is 0 Å². The topological polar surface area (TPSA) is 73.6 Å². The lowest BCUT2D eigenvalue weighted by Gasteiger charge is -2.23. The van der Waals surface area contributed by atoms with Crippen molar-refractivity contribution in [3.8, 4) is 0 Å². The zero-order chi connectivity index (χ0) is 10.0. The molecule has 3 N–H and O–H groups in total. The fraction of sp³-hybridized carbons (Fsp3) is 0.889. The highest BCUT2D eigenvalue weighted by atomic mass is 16.7. The van der Waals surface area contributed by atoms with Gasteiger partial charge in [0, 0.05) is 6.54 Å². The van der Waals surface area contributed by atoms with Gasteiger partial charge in [-0.15, -0.1) is 0 Å². The molecular weight excluding hydrogens is 184 g/mol. The second-order valence-corrected chi connectivity index (χ2v) is 3.97. The van der Waals surface area contributed by atoms with Crippen LogP contribution in [0.25, 0.3) is 0 Å². The lowest BCUT2D eigenvalue weighted by molar-refractivity contribution is -0.141. The summed E-state index contributed by atoms with van der Waals surface area (Å²) in [6.07, 6.45) is 2.51. The van der Waals surface area contributed by atoms with Crippen LogP contribution in [0.4, 0.5) is 0 Å². The van der Waals surface area contributed by atoms with E-state index >= 15 is 0 Å². The molecule has 1 aliphatic heterocycles. The molecule has 14 heavy (non-hydrogen) atoms. The first-order valence-corrected chi connectivity index (χ1v) is 4.97. The summed E-state index contributed by atoms with van der Waals surface area (Å²) in [7, 11) is 0. The van der Waals surface area contributed by atoms with Crippen LogP contribution >= 0.6 is 0 Å². The molecule has 2 aliphatic rings. The lowest BCUT2D eigenvalue weighted by Crippen LogP contribution is -2.46. The van der Waals surface area contributed by atoms with Gasteiger partial charge in [-0.25, -0.2) is 0 Å². The zero-order valence-corrected chi connectivity index (χ0v) is 8.12. The standard InChI is InChI=1S/C9H16N2O3/c10-9(2-3-9)8(12)11-5-7-1-4-13-6-14-7/h7H,1-6,10H2,(H,11,12). The summed E-state index contributed by atoms with van der Waals surface area (Å²) >= 11 is 0. The van der Waals surface area contributed by atoms with Gasteiger partial charge in [-0.3, -0.25) is 4.79 Å². The Bertz CT molecular complexity index is 222. The Morgan fingerprint density at radius 2 is 2.36 bits per heavy atom. The van der Waals surface area contributed by atoms with Crippen molar-refractivity contribution in [2.75, 3.05) is 19.9 Å². The number of hydrogen-bond acceptors (Lipinski definition) is 4. The van der Waals surface area contributed by atoms with Gasteiger partial charge in [0.25, 0.3) is 0 Å². The molecule has 1 amide bonds. The number of nitrogens with two attached hydrogens (primary N) is 1. The van der Waals surface area contributed by atoms with Crippen LogP contribution in [-0.2, 0) is 14.3 Å². The lowest BCUT2D eigenvalue weighted by atomic mass is 10.2. The molecule has 5 heteroatoms. The maximum absolute atomic E-state index is 11.4. The summed E-state index contributed by atoms with van der Waals surface area (Å²) in [5.74, 6) is -0.0485. The highest BCUT2D eigenvalue weighted by Gasteiger charge is 2.45. The highest BCUT2D eigenvalue weighted by molar-refractivity contribution is 5.88. The summed E-state index contributed by atoms with van der Waals surface area (Å²) in [4.78, 5) is 11.4. The summed E-state index contributed by atoms with van der Waals surface area (Å²) in [5.41, 5.74) is 5.15. The van der Waals surface area contributed by atoms with Gasteiger partial charge in [-0.2, -0.15) is 0 Å². The van der Waals surface area contributed by atoms with Gasteiger partial charge in [0.2, 0.25) is 5.91 Å². The van der Waals surface area contributed by atoms with E-state index in [9.17, 15) is 4.79 Å². The van der Waals surface area contributed by atoms with E-state index in [2.05, 4.69) is 5.32 Å². The van der Waals surface area contributed by atoms with Crippen LogP contribution in [0.3, 0.4) is 0 Å². The second kappa shape index (κ2) is 3.84. The van der Waals surface area contributed by atoms with E-state index in [0.29, 0.717) is 19.9 Å². The van der Waals surface area contributed by atoms with Crippen molar-refractivity contribution in [2.24, 2.45) is 5.73 Å². The van der Waals surface area contributed by atoms with Crippen LogP contribution in [0.15, 0.2) is 0 Å². The molecule has 2 rings (SSSR count). The van der Waals surface area contributed by atoms with Crippen molar-refractivity contribution in [1.82, 2.24) is 5.32 Å². The SMILES string of the molecule is NC1(C(=O)NCC2CCOCO2)CC1. The molecule has 0 aromatic heterocycles. The third-order valence-electron chi connectivity index (χ3n) is 2.70. The van der Waals surface area contributed by atoms with E-state index < -0.39 is 5.54 Å². The Morgan fingerprint density at radius 1 is 1.57 bits per heavy atom. The number of carbonyl (C=O) groups is 1. The van der Waals surface area contributed by atoms with Crippen LogP contribution in [-0.4, -0.2) is 37.5 Å². The van der Waals surface area contributed by atoms with Gasteiger partial charge < -0.3 is 20.5 Å². The molecule has 1 unspecified atom stereocenters. The van der Waals surface area contributed by atoms with Crippen LogP contribution in [0.1, 0.15) is 19.3 Å². The normalized spacial score (nSPS) is 29.6. The highest BCUT2D eigenvalue weighted by Crippen LogP contribution is 2.32. The van der Waals surface area contributed by atoms with Gasteiger partial charge in [-0.05, 0) is 19.3 Å². The zero-order valence-electron chi connectivity index (χ0n) is 8.12. The first-order chi connectivity index (χ1) is 6.71. The molecule has 1 heterocycles. The Morgan fingerprint density at radius 3 is 2.93 bits per heavy atom. The van der Waals surface area contributed by atoms with Gasteiger partial charge in [0.15, 0.2) is 0 Å². The maximum atomic E-state index is 11.4. The molecule has 1 saturated carbocycles. The number of amides is 1. The molecule has 0 radical (unpaired) electrons. The summed E-state index contributed by atoms with van der Waals surface area (Å²) in [5, 5.41) is 2.81. The van der Waals surface area contributed by atoms with Crippen LogP contribution < -0.4 is 11.1 Å². The Balaban J connectivity index is 1.68. The largest absolute Gasteiger partial charge is 0.355 e. The van der Waals surface area contributed by atoms with Crippen LogP contribution in [0.2, 0.25) is 0 Å². The molecule has 0 aromatic rings. The fourth-order valence-corrected chi connectivity index (χ4v) is 1.41. The second-order valence-electron chi connectivity index (χ2n) is 3.97. The van der Waals surface area contributed by atoms with Crippen molar-refractivity contribution >= 4 is 5.91 Å². The van der Waals surface area contributed by atoms with Crippen molar-refractivity contribution in [3.05, 3.63) is 0 Å². The predicted octanol–water partition coefficient (Wildman–Crippen LogP) is -0.643. The quantitative estimate of drug-likeness (QED) is 0.635. The smallest absolute Gasteiger partial charge is 0.240 e. The van der Waals surface area contributed by atoms with Crippen LogP contribution in [0, 0.1) is 0 Å². The molecule has 2 fully saturated rings. The Hall–Kier alpha value is -0.650. The molecule has 1 aliphatic carbocycles. The number of nitrogens with one attached hydrogen (secondary N) is 1. The molecule has 0 bridgehead atoms. The Kier molecular flexibility index (Phi) is 2.71. The number of hydrogen-bond donors (Lipinski definition) is 2. The van der Waals surface area contributed by atoms with Gasteiger partial charge in [-0.1, -0.05) is 0 Å². The average Bonchev–Trinajstić information content (AvgIpc) is 2.96. The Labute approximate surface area is 82.9 Å². The summed E-state index contributed by atoms with van der Waals surface area (Å²) in [6.45, 7) is 1.57. The first kappa shape index (κ1) is 9.89. The minimum Gasteiger partial charge on any atom is -0.355 e. The first-order valence-electron chi connectivity index (χ1n) is 4.97. The molecule has 0 spiro atoms. The fourth-order valence-electron chi connectivity index (χ4n) is 1.41. The number of carbonyl (C=O) groups excluding carboxylic acids is 1. The predicted molar refractivity (Wildman–Crippen MR) is 49.5 cm³/mol. The third-order valence-corrected chi connectivity index (χ3v) is 2.70. The number of rotatable bonds is 3. The minimum atomic E-state index is -0.578.